The molecule has 0 N–H and O–H groups in total. The van der Waals surface area contributed by atoms with Gasteiger partial charge in [0.2, 0.25) is 0 Å². The number of nitrogens with zero attached hydrogens (tertiary/aromatic N) is 2. The van der Waals surface area contributed by atoms with E-state index in [9.17, 15) is 9.59 Å². The number of carbonyl (C=O) groups excluding carboxylic acids is 1. The Bertz CT molecular complexity index is 1330. The Morgan fingerprint density at radius 2 is 1.83 bits per heavy atom. The minimum atomic E-state index is -0.517. The number of fused-ring (bicyclic) bond motifs is 1. The Labute approximate surface area is 185 Å². The van der Waals surface area contributed by atoms with Gasteiger partial charge in [-0.25, -0.2) is 4.99 Å². The van der Waals surface area contributed by atoms with Crippen LogP contribution in [0.4, 0.5) is 0 Å². The number of ether oxygens (including phenoxy) is 1. The van der Waals surface area contributed by atoms with Crippen LogP contribution in [0.2, 0.25) is 0 Å². The average molecular weight is 483 g/mol. The smallest absolute Gasteiger partial charge is 0.271 e. The Morgan fingerprint density at radius 1 is 1.17 bits per heavy atom. The van der Waals surface area contributed by atoms with Crippen molar-refractivity contribution in [3.63, 3.8) is 0 Å². The van der Waals surface area contributed by atoms with Gasteiger partial charge in [0.1, 0.15) is 5.75 Å². The molecule has 0 fully saturated rings. The number of ketones is 1. The van der Waals surface area contributed by atoms with Crippen molar-refractivity contribution in [2.24, 2.45) is 4.99 Å². The number of carbonyl (C=O) groups is 1. The fraction of sp³-hybridized carbons (Fsp3) is 0.174. The van der Waals surface area contributed by atoms with Crippen molar-refractivity contribution in [1.29, 1.82) is 0 Å². The van der Waals surface area contributed by atoms with E-state index < -0.39 is 6.04 Å². The maximum atomic E-state index is 13.4. The summed E-state index contributed by atoms with van der Waals surface area (Å²) in [6.45, 7) is 3.33. The number of hydrogen-bond acceptors (Lipinski definition) is 5. The molecule has 1 aromatic heterocycles. The van der Waals surface area contributed by atoms with Crippen molar-refractivity contribution >= 4 is 39.1 Å². The van der Waals surface area contributed by atoms with E-state index in [4.69, 9.17) is 4.74 Å². The molecular weight excluding hydrogens is 464 g/mol. The highest BCUT2D eigenvalue weighted by Gasteiger charge is 2.30. The summed E-state index contributed by atoms with van der Waals surface area (Å²) in [5.41, 5.74) is 2.77. The lowest BCUT2D eigenvalue weighted by Crippen LogP contribution is -2.39. The molecule has 0 spiro atoms. The number of halogens is 1. The van der Waals surface area contributed by atoms with Gasteiger partial charge in [-0.3, -0.25) is 14.2 Å². The first kappa shape index (κ1) is 20.5. The van der Waals surface area contributed by atoms with E-state index >= 15 is 0 Å². The van der Waals surface area contributed by atoms with E-state index in [1.54, 1.807) is 11.7 Å². The Kier molecular flexibility index (Phi) is 5.58. The van der Waals surface area contributed by atoms with E-state index in [-0.39, 0.29) is 11.3 Å². The van der Waals surface area contributed by atoms with Crippen LogP contribution in [0.5, 0.6) is 5.75 Å². The average Bonchev–Trinajstić information content (AvgIpc) is 3.03. The molecule has 1 aliphatic heterocycles. The molecule has 0 radical (unpaired) electrons. The summed E-state index contributed by atoms with van der Waals surface area (Å²) in [5.74, 6) is 0.616. The largest absolute Gasteiger partial charge is 0.497 e. The van der Waals surface area contributed by atoms with Crippen LogP contribution in [-0.4, -0.2) is 17.5 Å². The quantitative estimate of drug-likeness (QED) is 0.570. The molecule has 2 heterocycles. The first-order valence-corrected chi connectivity index (χ1v) is 10.9. The molecule has 1 aliphatic rings. The lowest BCUT2D eigenvalue weighted by atomic mass is 9.93. The number of hydrogen-bond donors (Lipinski definition) is 0. The molecule has 0 aliphatic carbocycles. The van der Waals surface area contributed by atoms with Crippen molar-refractivity contribution in [2.75, 3.05) is 7.11 Å². The van der Waals surface area contributed by atoms with Gasteiger partial charge in [0.05, 0.1) is 17.7 Å². The molecule has 0 amide bonds. The maximum absolute atomic E-state index is 13.4. The van der Waals surface area contributed by atoms with Crippen LogP contribution in [0.15, 0.2) is 74.1 Å². The van der Waals surface area contributed by atoms with Gasteiger partial charge in [-0.05, 0) is 55.3 Å². The minimum absolute atomic E-state index is 0.0979. The fourth-order valence-corrected chi connectivity index (χ4v) is 4.89. The van der Waals surface area contributed by atoms with Crippen molar-refractivity contribution in [3.8, 4) is 5.75 Å². The van der Waals surface area contributed by atoms with Crippen LogP contribution in [0.1, 0.15) is 31.0 Å². The maximum Gasteiger partial charge on any atom is 0.271 e. The predicted molar refractivity (Wildman–Crippen MR) is 122 cm³/mol. The molecule has 0 saturated carbocycles. The van der Waals surface area contributed by atoms with Crippen molar-refractivity contribution < 1.29 is 9.53 Å². The zero-order valence-corrected chi connectivity index (χ0v) is 19.1. The van der Waals surface area contributed by atoms with Gasteiger partial charge in [0.25, 0.3) is 5.56 Å². The topological polar surface area (TPSA) is 60.7 Å². The molecule has 2 aromatic carbocycles. The standard InChI is InChI=1S/C23H19BrN2O3S/c1-13-20(14(2)27)21(16-6-10-18(29-3)11-7-16)26-22(28)19(30-23(26)25-13)12-15-4-8-17(24)9-5-15/h4-12,21H,1-3H3/b19-12+/t21-/m1/s1. The monoisotopic (exact) mass is 482 g/mol. The van der Waals surface area contributed by atoms with E-state index in [0.29, 0.717) is 26.4 Å². The van der Waals surface area contributed by atoms with E-state index in [2.05, 4.69) is 20.9 Å². The van der Waals surface area contributed by atoms with Crippen LogP contribution >= 0.6 is 27.3 Å². The summed E-state index contributed by atoms with van der Waals surface area (Å²) in [6, 6.07) is 14.7. The Balaban J connectivity index is 1.94. The molecule has 0 bridgehead atoms. The summed E-state index contributed by atoms with van der Waals surface area (Å²) in [5, 5.41) is 0. The molecule has 0 saturated heterocycles. The predicted octanol–water partition coefficient (Wildman–Crippen LogP) is 3.60. The molecule has 5 nitrogen and oxygen atoms in total. The molecule has 30 heavy (non-hydrogen) atoms. The normalized spacial score (nSPS) is 16.3. The van der Waals surface area contributed by atoms with Crippen LogP contribution in [0.3, 0.4) is 0 Å². The van der Waals surface area contributed by atoms with Gasteiger partial charge in [0.15, 0.2) is 10.6 Å². The van der Waals surface area contributed by atoms with Crippen LogP contribution in [-0.2, 0) is 4.79 Å². The number of aromatic nitrogens is 1. The molecule has 1 atom stereocenters. The highest BCUT2D eigenvalue weighted by molar-refractivity contribution is 9.10. The van der Waals surface area contributed by atoms with E-state index in [1.807, 2.05) is 61.5 Å². The fourth-order valence-electron chi connectivity index (χ4n) is 3.58. The molecule has 3 aromatic rings. The van der Waals surface area contributed by atoms with Crippen LogP contribution in [0.25, 0.3) is 6.08 Å². The Morgan fingerprint density at radius 3 is 2.43 bits per heavy atom. The summed E-state index contributed by atoms with van der Waals surface area (Å²) in [4.78, 5) is 31.1. The second-order valence-corrected chi connectivity index (χ2v) is 8.89. The van der Waals surface area contributed by atoms with Crippen molar-refractivity contribution in [3.05, 3.63) is 95.1 Å². The summed E-state index contributed by atoms with van der Waals surface area (Å²) < 4.78 is 8.43. The summed E-state index contributed by atoms with van der Waals surface area (Å²) in [7, 11) is 1.60. The SMILES string of the molecule is COc1ccc([C@@H]2C(C(C)=O)=C(C)N=c3s/c(=C/c4ccc(Br)cc4)c(=O)n32)cc1. The highest BCUT2D eigenvalue weighted by Crippen LogP contribution is 2.31. The number of methoxy groups -OCH3 is 1. The van der Waals surface area contributed by atoms with Crippen molar-refractivity contribution in [1.82, 2.24) is 4.57 Å². The summed E-state index contributed by atoms with van der Waals surface area (Å²) >= 11 is 4.75. The van der Waals surface area contributed by atoms with E-state index in [1.165, 1.54) is 18.3 Å². The third-order valence-electron chi connectivity index (χ3n) is 5.00. The molecule has 7 heteroatoms. The molecular formula is C23H19BrN2O3S. The number of rotatable bonds is 4. The van der Waals surface area contributed by atoms with Crippen LogP contribution < -0.4 is 19.6 Å². The third-order valence-corrected chi connectivity index (χ3v) is 6.51. The van der Waals surface area contributed by atoms with E-state index in [0.717, 1.165) is 15.6 Å². The third kappa shape index (κ3) is 3.70. The number of Topliss-reactive ketones (excluding diaryl/α,β-unsaturated/α-hetero) is 1. The minimum Gasteiger partial charge on any atom is -0.497 e. The van der Waals surface area contributed by atoms with Crippen LogP contribution in [0, 0.1) is 0 Å². The van der Waals surface area contributed by atoms with Gasteiger partial charge in [0, 0.05) is 15.7 Å². The first-order chi connectivity index (χ1) is 14.4. The lowest BCUT2D eigenvalue weighted by molar-refractivity contribution is -0.114. The number of benzene rings is 2. The molecule has 152 valence electrons. The van der Waals surface area contributed by atoms with Gasteiger partial charge in [-0.15, -0.1) is 0 Å². The lowest BCUT2D eigenvalue weighted by Gasteiger charge is -2.24. The highest BCUT2D eigenvalue weighted by atomic mass is 79.9. The summed E-state index contributed by atoms with van der Waals surface area (Å²) in [6.07, 6.45) is 1.86. The number of allylic oxidation sites excluding steroid dienone is 2. The number of thiazole rings is 1. The van der Waals surface area contributed by atoms with Gasteiger partial charge in [-0.2, -0.15) is 0 Å². The Hall–Kier alpha value is -2.77. The first-order valence-electron chi connectivity index (χ1n) is 9.32. The van der Waals surface area contributed by atoms with Crippen molar-refractivity contribution in [2.45, 2.75) is 19.9 Å². The van der Waals surface area contributed by atoms with Gasteiger partial charge >= 0.3 is 0 Å². The second kappa shape index (κ2) is 8.16. The van der Waals surface area contributed by atoms with Gasteiger partial charge < -0.3 is 4.74 Å². The van der Waals surface area contributed by atoms with Gasteiger partial charge in [-0.1, -0.05) is 51.5 Å². The molecule has 0 unspecified atom stereocenters. The second-order valence-electron chi connectivity index (χ2n) is 6.96. The molecule has 4 rings (SSSR count). The zero-order chi connectivity index (χ0) is 21.4. The zero-order valence-electron chi connectivity index (χ0n) is 16.7.